The van der Waals surface area contributed by atoms with E-state index in [1.807, 2.05) is 60.7 Å². The molecule has 1 saturated carbocycles. The highest BCUT2D eigenvalue weighted by molar-refractivity contribution is 7.92. The Labute approximate surface area is 269 Å². The van der Waals surface area contributed by atoms with E-state index < -0.39 is 34.3 Å². The molecule has 1 aliphatic rings. The van der Waals surface area contributed by atoms with Crippen LogP contribution in [0.5, 0.6) is 5.75 Å². The predicted molar refractivity (Wildman–Crippen MR) is 175 cm³/mol. The van der Waals surface area contributed by atoms with Crippen molar-refractivity contribution in [1.29, 1.82) is 0 Å². The zero-order chi connectivity index (χ0) is 32.5. The summed E-state index contributed by atoms with van der Waals surface area (Å²) in [4.78, 5) is 29.9. The fraction of sp³-hybridized carbons (Fsp3) is 0.278. The molecule has 1 atom stereocenters. The summed E-state index contributed by atoms with van der Waals surface area (Å²) in [6, 6.07) is 28.6. The molecule has 5 rings (SSSR count). The van der Waals surface area contributed by atoms with Crippen LogP contribution in [0, 0.1) is 5.82 Å². The van der Waals surface area contributed by atoms with Crippen molar-refractivity contribution in [1.82, 2.24) is 10.2 Å². The van der Waals surface area contributed by atoms with Gasteiger partial charge in [-0.2, -0.15) is 0 Å². The number of carbonyl (C=O) groups excluding carboxylic acids is 2. The normalized spacial score (nSPS) is 14.0. The highest BCUT2D eigenvalue weighted by Crippen LogP contribution is 2.27. The van der Waals surface area contributed by atoms with Crippen LogP contribution >= 0.6 is 0 Å². The zero-order valence-electron chi connectivity index (χ0n) is 25.7. The van der Waals surface area contributed by atoms with Crippen LogP contribution in [0.15, 0.2) is 114 Å². The molecule has 4 aromatic carbocycles. The molecule has 1 fully saturated rings. The Hall–Kier alpha value is -4.70. The van der Waals surface area contributed by atoms with Gasteiger partial charge in [-0.25, -0.2) is 12.8 Å². The predicted octanol–water partition coefficient (Wildman–Crippen LogP) is 5.73. The van der Waals surface area contributed by atoms with Crippen LogP contribution in [0.3, 0.4) is 0 Å². The van der Waals surface area contributed by atoms with Crippen LogP contribution in [-0.2, 0) is 32.6 Å². The van der Waals surface area contributed by atoms with Crippen molar-refractivity contribution in [3.8, 4) is 5.75 Å². The number of benzene rings is 4. The van der Waals surface area contributed by atoms with Crippen molar-refractivity contribution in [2.75, 3.05) is 18.0 Å². The van der Waals surface area contributed by atoms with Crippen molar-refractivity contribution < 1.29 is 27.1 Å². The number of carbonyl (C=O) groups is 2. The minimum atomic E-state index is -4.31. The van der Waals surface area contributed by atoms with Gasteiger partial charge in [-0.1, -0.05) is 73.5 Å². The molecule has 0 spiro atoms. The second-order valence-electron chi connectivity index (χ2n) is 11.4. The summed E-state index contributed by atoms with van der Waals surface area (Å²) < 4.78 is 48.3. The molecule has 0 radical (unpaired) electrons. The number of nitrogens with one attached hydrogen (secondary N) is 1. The van der Waals surface area contributed by atoms with Crippen molar-refractivity contribution in [3.63, 3.8) is 0 Å². The van der Waals surface area contributed by atoms with Gasteiger partial charge in [-0.15, -0.1) is 0 Å². The number of halogens is 1. The molecule has 0 heterocycles. The lowest BCUT2D eigenvalue weighted by molar-refractivity contribution is -0.140. The Morgan fingerprint density at radius 3 is 2.02 bits per heavy atom. The Morgan fingerprint density at radius 1 is 0.848 bits per heavy atom. The summed E-state index contributed by atoms with van der Waals surface area (Å²) in [5.41, 5.74) is 1.76. The van der Waals surface area contributed by atoms with E-state index in [9.17, 15) is 22.4 Å². The van der Waals surface area contributed by atoms with E-state index in [0.29, 0.717) is 5.75 Å². The molecule has 10 heteroatoms. The fourth-order valence-electron chi connectivity index (χ4n) is 5.71. The molecule has 2 amide bonds. The monoisotopic (exact) mass is 643 g/mol. The largest absolute Gasteiger partial charge is 0.497 e. The van der Waals surface area contributed by atoms with E-state index in [0.717, 1.165) is 53.2 Å². The van der Waals surface area contributed by atoms with Crippen LogP contribution in [0.4, 0.5) is 10.1 Å². The zero-order valence-corrected chi connectivity index (χ0v) is 26.5. The number of methoxy groups -OCH3 is 1. The molecule has 0 aliphatic heterocycles. The number of rotatable bonds is 13. The average Bonchev–Trinajstić information content (AvgIpc) is 3.59. The first kappa shape index (κ1) is 32.7. The standard InChI is InChI=1S/C36H38FN3O5S/c1-45-32-20-22-33(23-21-32)46(43,44)40(31-18-16-29(37)17-19-31)26-35(41)39(25-28-12-6-3-7-13-28)34(24-27-10-4-2-5-11-27)36(42)38-30-14-8-9-15-30/h2-7,10-13,16-23,30,34H,8-9,14-15,24-26H2,1H3,(H,38,42)/t34-/m1/s1. The van der Waals surface area contributed by atoms with E-state index in [4.69, 9.17) is 4.74 Å². The van der Waals surface area contributed by atoms with Crippen LogP contribution in [0.1, 0.15) is 36.8 Å². The van der Waals surface area contributed by atoms with Gasteiger partial charge >= 0.3 is 0 Å². The lowest BCUT2D eigenvalue weighted by Gasteiger charge is -2.34. The first-order valence-electron chi connectivity index (χ1n) is 15.3. The molecule has 1 N–H and O–H groups in total. The Balaban J connectivity index is 1.54. The van der Waals surface area contributed by atoms with Crippen molar-refractivity contribution >= 4 is 27.5 Å². The van der Waals surface area contributed by atoms with Crippen LogP contribution in [0.2, 0.25) is 0 Å². The SMILES string of the molecule is COc1ccc(S(=O)(=O)N(CC(=O)N(Cc2ccccc2)[C@H](Cc2ccccc2)C(=O)NC2CCCC2)c2ccc(F)cc2)cc1. The van der Waals surface area contributed by atoms with Crippen LogP contribution in [-0.4, -0.2) is 50.9 Å². The van der Waals surface area contributed by atoms with Gasteiger partial charge in [0.2, 0.25) is 11.8 Å². The van der Waals surface area contributed by atoms with E-state index in [1.165, 1.54) is 48.4 Å². The molecule has 0 aromatic heterocycles. The van der Waals surface area contributed by atoms with Gasteiger partial charge in [0.15, 0.2) is 0 Å². The van der Waals surface area contributed by atoms with Gasteiger partial charge in [0.25, 0.3) is 10.0 Å². The lowest BCUT2D eigenvalue weighted by atomic mass is 10.0. The second-order valence-corrected chi connectivity index (χ2v) is 13.2. The number of nitrogens with zero attached hydrogens (tertiary/aromatic N) is 2. The quantitative estimate of drug-likeness (QED) is 0.201. The summed E-state index contributed by atoms with van der Waals surface area (Å²) in [5, 5.41) is 3.16. The van der Waals surface area contributed by atoms with Gasteiger partial charge in [0.05, 0.1) is 17.7 Å². The van der Waals surface area contributed by atoms with E-state index in [-0.39, 0.29) is 35.5 Å². The first-order chi connectivity index (χ1) is 22.2. The van der Waals surface area contributed by atoms with Crippen molar-refractivity contribution in [2.24, 2.45) is 0 Å². The van der Waals surface area contributed by atoms with Crippen LogP contribution in [0.25, 0.3) is 0 Å². The third kappa shape index (κ3) is 8.11. The summed E-state index contributed by atoms with van der Waals surface area (Å²) in [6.07, 6.45) is 4.02. The number of anilines is 1. The smallest absolute Gasteiger partial charge is 0.264 e. The Kier molecular flexibility index (Phi) is 10.7. The fourth-order valence-corrected chi connectivity index (χ4v) is 7.13. The minimum absolute atomic E-state index is 0.0191. The molecule has 4 aromatic rings. The maximum absolute atomic E-state index is 14.5. The van der Waals surface area contributed by atoms with Gasteiger partial charge in [-0.3, -0.25) is 13.9 Å². The maximum atomic E-state index is 14.5. The lowest BCUT2D eigenvalue weighted by Crippen LogP contribution is -2.54. The average molecular weight is 644 g/mol. The molecule has 0 unspecified atom stereocenters. The number of ether oxygens (including phenoxy) is 1. The number of hydrogen-bond acceptors (Lipinski definition) is 5. The summed E-state index contributed by atoms with van der Waals surface area (Å²) in [6.45, 7) is -0.538. The highest BCUT2D eigenvalue weighted by Gasteiger charge is 2.35. The van der Waals surface area contributed by atoms with Gasteiger partial charge < -0.3 is 15.0 Å². The van der Waals surface area contributed by atoms with Gasteiger partial charge in [0, 0.05) is 19.0 Å². The van der Waals surface area contributed by atoms with E-state index >= 15 is 0 Å². The summed E-state index contributed by atoms with van der Waals surface area (Å²) in [7, 11) is -2.83. The molecule has 240 valence electrons. The molecule has 1 aliphatic carbocycles. The molecule has 8 nitrogen and oxygen atoms in total. The number of hydrogen-bond donors (Lipinski definition) is 1. The summed E-state index contributed by atoms with van der Waals surface area (Å²) in [5.74, 6) is -0.942. The molecular formula is C36H38FN3O5S. The van der Waals surface area contributed by atoms with Gasteiger partial charge in [-0.05, 0) is 72.5 Å². The van der Waals surface area contributed by atoms with Crippen molar-refractivity contribution in [2.45, 2.75) is 55.6 Å². The second kappa shape index (κ2) is 15.1. The first-order valence-corrected chi connectivity index (χ1v) is 16.8. The third-order valence-electron chi connectivity index (χ3n) is 8.21. The summed E-state index contributed by atoms with van der Waals surface area (Å²) >= 11 is 0. The molecular weight excluding hydrogens is 605 g/mol. The highest BCUT2D eigenvalue weighted by atomic mass is 32.2. The molecule has 0 saturated heterocycles. The van der Waals surface area contributed by atoms with Gasteiger partial charge in [0.1, 0.15) is 24.2 Å². The van der Waals surface area contributed by atoms with Crippen molar-refractivity contribution in [3.05, 3.63) is 126 Å². The van der Waals surface area contributed by atoms with Crippen LogP contribution < -0.4 is 14.4 Å². The Bertz CT molecular complexity index is 1700. The number of sulfonamides is 1. The number of amides is 2. The topological polar surface area (TPSA) is 96.0 Å². The molecule has 46 heavy (non-hydrogen) atoms. The van der Waals surface area contributed by atoms with E-state index in [2.05, 4.69) is 5.32 Å². The molecule has 0 bridgehead atoms. The minimum Gasteiger partial charge on any atom is -0.497 e. The van der Waals surface area contributed by atoms with E-state index in [1.54, 1.807) is 0 Å². The third-order valence-corrected chi connectivity index (χ3v) is 10.00. The maximum Gasteiger partial charge on any atom is 0.264 e. The Morgan fingerprint density at radius 2 is 1.43 bits per heavy atom.